The van der Waals surface area contributed by atoms with Crippen LogP contribution in [0.1, 0.15) is 16.9 Å². The van der Waals surface area contributed by atoms with Gasteiger partial charge in [0.15, 0.2) is 5.69 Å². The molecular formula is C17H18N4O6. The number of aromatic nitrogens is 2. The predicted molar refractivity (Wildman–Crippen MR) is 92.7 cm³/mol. The average Bonchev–Trinajstić information content (AvgIpc) is 3.30. The quantitative estimate of drug-likeness (QED) is 0.597. The summed E-state index contributed by atoms with van der Waals surface area (Å²) in [5.74, 6) is -1.39. The van der Waals surface area contributed by atoms with Crippen molar-refractivity contribution < 1.29 is 24.4 Å². The number of carbonyl (C=O) groups excluding carboxylic acids is 1. The molecule has 1 aromatic heterocycles. The zero-order valence-corrected chi connectivity index (χ0v) is 14.6. The van der Waals surface area contributed by atoms with Gasteiger partial charge in [0, 0.05) is 38.5 Å². The maximum atomic E-state index is 12.7. The number of nitro benzene ring substituents is 1. The molecule has 3 rings (SSSR count). The van der Waals surface area contributed by atoms with E-state index in [0.29, 0.717) is 12.1 Å². The number of carboxylic acid groups (broad SMARTS) is 1. The summed E-state index contributed by atoms with van der Waals surface area (Å²) in [6.07, 6.45) is 1.83. The van der Waals surface area contributed by atoms with E-state index in [1.165, 1.54) is 47.2 Å². The number of benzene rings is 1. The van der Waals surface area contributed by atoms with Gasteiger partial charge in [-0.3, -0.25) is 19.7 Å². The number of non-ortho nitro benzene ring substituents is 1. The van der Waals surface area contributed by atoms with Crippen molar-refractivity contribution >= 4 is 17.6 Å². The Morgan fingerprint density at radius 1 is 1.41 bits per heavy atom. The van der Waals surface area contributed by atoms with Crippen LogP contribution in [0.2, 0.25) is 0 Å². The highest BCUT2D eigenvalue weighted by atomic mass is 16.6. The van der Waals surface area contributed by atoms with E-state index >= 15 is 0 Å². The van der Waals surface area contributed by atoms with Crippen LogP contribution in [0.25, 0.3) is 5.69 Å². The third-order valence-electron chi connectivity index (χ3n) is 4.63. The Hall–Kier alpha value is -3.27. The summed E-state index contributed by atoms with van der Waals surface area (Å²) in [6, 6.07) is 7.38. The smallest absolute Gasteiger partial charge is 0.313 e. The molecule has 0 aliphatic carbocycles. The standard InChI is InChI=1S/C17H18N4O6/c1-27-11-17(16(23)24)6-8-19(10-17)15(22)14-5-7-20(18-14)12-3-2-4-13(9-12)21(25)26/h2-5,7,9H,6,8,10-11H2,1H3,(H,23,24). The van der Waals surface area contributed by atoms with Crippen molar-refractivity contribution in [3.8, 4) is 5.69 Å². The van der Waals surface area contributed by atoms with Crippen LogP contribution in [0, 0.1) is 15.5 Å². The van der Waals surface area contributed by atoms with Gasteiger partial charge < -0.3 is 14.7 Å². The van der Waals surface area contributed by atoms with Crippen molar-refractivity contribution in [3.05, 3.63) is 52.3 Å². The third-order valence-corrected chi connectivity index (χ3v) is 4.63. The van der Waals surface area contributed by atoms with Gasteiger partial charge in [-0.05, 0) is 18.6 Å². The van der Waals surface area contributed by atoms with Gasteiger partial charge in [-0.2, -0.15) is 5.10 Å². The molecule has 2 aromatic rings. The van der Waals surface area contributed by atoms with Gasteiger partial charge in [-0.15, -0.1) is 0 Å². The number of nitro groups is 1. The molecule has 1 fully saturated rings. The first-order valence-corrected chi connectivity index (χ1v) is 8.18. The summed E-state index contributed by atoms with van der Waals surface area (Å²) >= 11 is 0. The van der Waals surface area contributed by atoms with Gasteiger partial charge in [0.05, 0.1) is 17.2 Å². The molecule has 142 valence electrons. The Bertz CT molecular complexity index is 895. The van der Waals surface area contributed by atoms with E-state index in [-0.39, 0.29) is 31.1 Å². The number of hydrogen-bond acceptors (Lipinski definition) is 6. The van der Waals surface area contributed by atoms with Crippen LogP contribution in [-0.2, 0) is 9.53 Å². The van der Waals surface area contributed by atoms with Crippen LogP contribution < -0.4 is 0 Å². The van der Waals surface area contributed by atoms with Crippen LogP contribution in [0.5, 0.6) is 0 Å². The van der Waals surface area contributed by atoms with Crippen molar-refractivity contribution in [2.75, 3.05) is 26.8 Å². The molecule has 0 spiro atoms. The lowest BCUT2D eigenvalue weighted by atomic mass is 9.88. The summed E-state index contributed by atoms with van der Waals surface area (Å²) in [6.45, 7) is 0.352. The number of carbonyl (C=O) groups is 2. The molecule has 10 heteroatoms. The lowest BCUT2D eigenvalue weighted by Crippen LogP contribution is -2.40. The maximum absolute atomic E-state index is 12.7. The number of amides is 1. The van der Waals surface area contributed by atoms with Crippen LogP contribution in [0.3, 0.4) is 0 Å². The van der Waals surface area contributed by atoms with Crippen LogP contribution in [0.4, 0.5) is 5.69 Å². The molecule has 1 atom stereocenters. The normalized spacial score (nSPS) is 19.2. The summed E-state index contributed by atoms with van der Waals surface area (Å²) in [4.78, 5) is 36.1. The highest BCUT2D eigenvalue weighted by Crippen LogP contribution is 2.32. The molecular weight excluding hydrogens is 356 g/mol. The zero-order valence-electron chi connectivity index (χ0n) is 14.6. The average molecular weight is 374 g/mol. The number of rotatable bonds is 6. The van der Waals surface area contributed by atoms with Gasteiger partial charge in [-0.1, -0.05) is 6.07 Å². The Kier molecular flexibility index (Phi) is 4.91. The largest absolute Gasteiger partial charge is 0.481 e. The fraction of sp³-hybridized carbons (Fsp3) is 0.353. The number of aliphatic carboxylic acids is 1. The van der Waals surface area contributed by atoms with E-state index in [9.17, 15) is 24.8 Å². The third kappa shape index (κ3) is 3.51. The van der Waals surface area contributed by atoms with Crippen LogP contribution in [0.15, 0.2) is 36.5 Å². The molecule has 0 bridgehead atoms. The minimum Gasteiger partial charge on any atom is -0.481 e. The van der Waals surface area contributed by atoms with E-state index in [2.05, 4.69) is 5.10 Å². The SMILES string of the molecule is COCC1(C(=O)O)CCN(C(=O)c2ccn(-c3cccc([N+](=O)[O-])c3)n2)C1. The molecule has 0 saturated carbocycles. The summed E-state index contributed by atoms with van der Waals surface area (Å²) in [5, 5.41) is 24.6. The van der Waals surface area contributed by atoms with Crippen LogP contribution in [-0.4, -0.2) is 63.4 Å². The van der Waals surface area contributed by atoms with E-state index in [1.807, 2.05) is 0 Å². The Labute approximate surface area is 154 Å². The van der Waals surface area contributed by atoms with Gasteiger partial charge in [0.25, 0.3) is 11.6 Å². The molecule has 1 aliphatic rings. The first kappa shape index (κ1) is 18.5. The highest BCUT2D eigenvalue weighted by molar-refractivity contribution is 5.93. The molecule has 1 N–H and O–H groups in total. The lowest BCUT2D eigenvalue weighted by Gasteiger charge is -2.23. The fourth-order valence-electron chi connectivity index (χ4n) is 3.17. The number of likely N-dealkylation sites (tertiary alicyclic amines) is 1. The second-order valence-electron chi connectivity index (χ2n) is 6.42. The molecule has 0 radical (unpaired) electrons. The first-order chi connectivity index (χ1) is 12.9. The van der Waals surface area contributed by atoms with Gasteiger partial charge in [0.1, 0.15) is 5.41 Å². The number of nitrogens with zero attached hydrogens (tertiary/aromatic N) is 4. The molecule has 1 unspecified atom stereocenters. The van der Waals surface area contributed by atoms with Crippen molar-refractivity contribution in [2.24, 2.45) is 5.41 Å². The van der Waals surface area contributed by atoms with Crippen molar-refractivity contribution in [1.82, 2.24) is 14.7 Å². The zero-order chi connectivity index (χ0) is 19.6. The van der Waals surface area contributed by atoms with E-state index < -0.39 is 22.2 Å². The minimum atomic E-state index is -1.12. The molecule has 27 heavy (non-hydrogen) atoms. The van der Waals surface area contributed by atoms with Gasteiger partial charge in [0.2, 0.25) is 0 Å². The first-order valence-electron chi connectivity index (χ1n) is 8.18. The number of methoxy groups -OCH3 is 1. The predicted octanol–water partition coefficient (Wildman–Crippen LogP) is 1.34. The van der Waals surface area contributed by atoms with Crippen molar-refractivity contribution in [2.45, 2.75) is 6.42 Å². The molecule has 1 amide bonds. The van der Waals surface area contributed by atoms with Gasteiger partial charge in [-0.25, -0.2) is 4.68 Å². The summed E-state index contributed by atoms with van der Waals surface area (Å²) in [5.41, 5.74) is -0.613. The van der Waals surface area contributed by atoms with Crippen LogP contribution >= 0.6 is 0 Å². The van der Waals surface area contributed by atoms with E-state index in [4.69, 9.17) is 4.74 Å². The molecule has 1 aromatic carbocycles. The second kappa shape index (κ2) is 7.16. The number of carboxylic acids is 1. The topological polar surface area (TPSA) is 128 Å². The second-order valence-corrected chi connectivity index (χ2v) is 6.42. The molecule has 1 saturated heterocycles. The van der Waals surface area contributed by atoms with Gasteiger partial charge >= 0.3 is 5.97 Å². The summed E-state index contributed by atoms with van der Waals surface area (Å²) < 4.78 is 6.39. The summed E-state index contributed by atoms with van der Waals surface area (Å²) in [7, 11) is 1.43. The van der Waals surface area contributed by atoms with Crippen molar-refractivity contribution in [3.63, 3.8) is 0 Å². The maximum Gasteiger partial charge on any atom is 0.313 e. The Morgan fingerprint density at radius 3 is 2.85 bits per heavy atom. The number of hydrogen-bond donors (Lipinski definition) is 1. The highest BCUT2D eigenvalue weighted by Gasteiger charge is 2.46. The molecule has 10 nitrogen and oxygen atoms in total. The lowest BCUT2D eigenvalue weighted by molar-refractivity contribution is -0.384. The Balaban J connectivity index is 1.79. The molecule has 2 heterocycles. The Morgan fingerprint density at radius 2 is 2.19 bits per heavy atom. The molecule has 1 aliphatic heterocycles. The fourth-order valence-corrected chi connectivity index (χ4v) is 3.17. The van der Waals surface area contributed by atoms with E-state index in [0.717, 1.165) is 0 Å². The monoisotopic (exact) mass is 374 g/mol. The van der Waals surface area contributed by atoms with E-state index in [1.54, 1.807) is 6.07 Å². The number of ether oxygens (including phenoxy) is 1. The van der Waals surface area contributed by atoms with Crippen molar-refractivity contribution in [1.29, 1.82) is 0 Å². The minimum absolute atomic E-state index is 0.0221.